The molecule has 0 aromatic heterocycles. The highest BCUT2D eigenvalue weighted by Gasteiger charge is 2.36. The summed E-state index contributed by atoms with van der Waals surface area (Å²) in [7, 11) is 0. The van der Waals surface area contributed by atoms with Gasteiger partial charge in [0.25, 0.3) is 0 Å². The Bertz CT molecular complexity index is 861. The number of benzene rings is 2. The van der Waals surface area contributed by atoms with Gasteiger partial charge in [0, 0.05) is 22.7 Å². The second-order valence-electron chi connectivity index (χ2n) is 6.41. The summed E-state index contributed by atoms with van der Waals surface area (Å²) in [5.41, 5.74) is 3.92. The SMILES string of the molecule is O=C1C[C@@H](c2ccccc2)CC2=C1[C@@H](c1ccc(Cl)cc1)NC(=S)N2. The topological polar surface area (TPSA) is 41.1 Å². The standard InChI is InChI=1S/C20H17ClN2OS/c21-15-8-6-13(7-9-15)19-18-16(22-20(25)23-19)10-14(11-17(18)24)12-4-2-1-3-5-12/h1-9,14,19H,10-11H2,(H2,22,23,25)/t14-,19+/m0/s1. The number of thiocarbonyl (C=S) groups is 1. The van der Waals surface area contributed by atoms with Gasteiger partial charge in [-0.05, 0) is 47.8 Å². The predicted molar refractivity (Wildman–Crippen MR) is 104 cm³/mol. The quantitative estimate of drug-likeness (QED) is 0.777. The lowest BCUT2D eigenvalue weighted by Gasteiger charge is -2.36. The van der Waals surface area contributed by atoms with E-state index in [0.717, 1.165) is 23.3 Å². The molecule has 0 saturated carbocycles. The Hall–Kier alpha value is -2.17. The summed E-state index contributed by atoms with van der Waals surface area (Å²) in [6, 6.07) is 17.5. The number of hydrogen-bond acceptors (Lipinski definition) is 2. The molecule has 1 aliphatic heterocycles. The molecule has 2 atom stereocenters. The fourth-order valence-corrected chi connectivity index (χ4v) is 3.99. The number of rotatable bonds is 2. The molecule has 0 bridgehead atoms. The monoisotopic (exact) mass is 368 g/mol. The van der Waals surface area contributed by atoms with Gasteiger partial charge in [-0.2, -0.15) is 0 Å². The smallest absolute Gasteiger partial charge is 0.171 e. The third-order valence-corrected chi connectivity index (χ3v) is 5.28. The average molecular weight is 369 g/mol. The van der Waals surface area contributed by atoms with Gasteiger partial charge >= 0.3 is 0 Å². The van der Waals surface area contributed by atoms with Crippen molar-refractivity contribution in [3.05, 3.63) is 82.0 Å². The Balaban J connectivity index is 1.71. The second kappa shape index (κ2) is 6.62. The molecule has 2 aliphatic rings. The lowest BCUT2D eigenvalue weighted by atomic mass is 9.78. The van der Waals surface area contributed by atoms with Crippen LogP contribution in [0, 0.1) is 0 Å². The van der Waals surface area contributed by atoms with Crippen molar-refractivity contribution >= 4 is 34.7 Å². The van der Waals surface area contributed by atoms with Crippen LogP contribution in [0.4, 0.5) is 0 Å². The van der Waals surface area contributed by atoms with E-state index in [1.54, 1.807) is 0 Å². The third kappa shape index (κ3) is 3.20. The molecule has 0 saturated heterocycles. The molecule has 0 fully saturated rings. The average Bonchev–Trinajstić information content (AvgIpc) is 2.62. The summed E-state index contributed by atoms with van der Waals surface area (Å²) in [5.74, 6) is 0.351. The maximum Gasteiger partial charge on any atom is 0.171 e. The highest BCUT2D eigenvalue weighted by molar-refractivity contribution is 7.80. The van der Waals surface area contributed by atoms with Crippen LogP contribution in [0.15, 0.2) is 65.9 Å². The number of Topliss-reactive ketones (excluding diaryl/α,β-unsaturated/α-hetero) is 1. The van der Waals surface area contributed by atoms with Crippen LogP contribution in [0.2, 0.25) is 5.02 Å². The van der Waals surface area contributed by atoms with Crippen LogP contribution in [0.25, 0.3) is 0 Å². The van der Waals surface area contributed by atoms with Crippen molar-refractivity contribution in [3.63, 3.8) is 0 Å². The van der Waals surface area contributed by atoms with E-state index in [4.69, 9.17) is 23.8 Å². The van der Waals surface area contributed by atoms with E-state index in [-0.39, 0.29) is 17.7 Å². The number of carbonyl (C=O) groups is 1. The zero-order valence-electron chi connectivity index (χ0n) is 13.5. The molecule has 2 aromatic carbocycles. The zero-order valence-corrected chi connectivity index (χ0v) is 15.0. The molecule has 5 heteroatoms. The Labute approximate surface area is 157 Å². The molecule has 1 aliphatic carbocycles. The van der Waals surface area contributed by atoms with Crippen LogP contribution >= 0.6 is 23.8 Å². The fraction of sp³-hybridized carbons (Fsp3) is 0.200. The maximum atomic E-state index is 13.0. The zero-order chi connectivity index (χ0) is 17.4. The van der Waals surface area contributed by atoms with E-state index in [0.29, 0.717) is 16.6 Å². The molecule has 0 radical (unpaired) electrons. The first-order chi connectivity index (χ1) is 12.1. The second-order valence-corrected chi connectivity index (χ2v) is 7.26. The highest BCUT2D eigenvalue weighted by Crippen LogP contribution is 2.39. The van der Waals surface area contributed by atoms with E-state index in [1.165, 1.54) is 5.56 Å². The van der Waals surface area contributed by atoms with Crippen LogP contribution in [-0.2, 0) is 4.79 Å². The summed E-state index contributed by atoms with van der Waals surface area (Å²) in [6.07, 6.45) is 1.31. The minimum Gasteiger partial charge on any atom is -0.351 e. The maximum absolute atomic E-state index is 13.0. The van der Waals surface area contributed by atoms with Crippen molar-refractivity contribution in [1.82, 2.24) is 10.6 Å². The molecule has 0 unspecified atom stereocenters. The number of carbonyl (C=O) groups excluding carboxylic acids is 1. The van der Waals surface area contributed by atoms with Gasteiger partial charge in [-0.1, -0.05) is 54.1 Å². The Morgan fingerprint density at radius 3 is 2.40 bits per heavy atom. The number of nitrogens with one attached hydrogen (secondary N) is 2. The molecule has 126 valence electrons. The van der Waals surface area contributed by atoms with Gasteiger partial charge in [-0.3, -0.25) is 4.79 Å². The van der Waals surface area contributed by atoms with Gasteiger partial charge in [0.05, 0.1) is 6.04 Å². The number of halogens is 1. The summed E-state index contributed by atoms with van der Waals surface area (Å²) in [6.45, 7) is 0. The molecule has 4 rings (SSSR count). The van der Waals surface area contributed by atoms with Crippen LogP contribution in [0.5, 0.6) is 0 Å². The van der Waals surface area contributed by atoms with Crippen LogP contribution in [0.3, 0.4) is 0 Å². The van der Waals surface area contributed by atoms with E-state index in [9.17, 15) is 4.79 Å². The summed E-state index contributed by atoms with van der Waals surface area (Å²) < 4.78 is 0. The fourth-order valence-electron chi connectivity index (χ4n) is 3.63. The van der Waals surface area contributed by atoms with Crippen LogP contribution in [-0.4, -0.2) is 10.9 Å². The van der Waals surface area contributed by atoms with Crippen molar-refractivity contribution < 1.29 is 4.79 Å². The molecule has 3 nitrogen and oxygen atoms in total. The molecule has 0 amide bonds. The summed E-state index contributed by atoms with van der Waals surface area (Å²) in [5, 5.41) is 7.68. The van der Waals surface area contributed by atoms with Crippen molar-refractivity contribution in [2.45, 2.75) is 24.8 Å². The molecular weight excluding hydrogens is 352 g/mol. The van der Waals surface area contributed by atoms with Crippen molar-refractivity contribution in [2.75, 3.05) is 0 Å². The largest absolute Gasteiger partial charge is 0.351 e. The van der Waals surface area contributed by atoms with Gasteiger partial charge in [0.15, 0.2) is 10.9 Å². The first kappa shape index (κ1) is 16.3. The molecule has 2 N–H and O–H groups in total. The minimum atomic E-state index is -0.217. The lowest BCUT2D eigenvalue weighted by Crippen LogP contribution is -2.47. The molecular formula is C20H17ClN2OS. The van der Waals surface area contributed by atoms with Gasteiger partial charge in [0.2, 0.25) is 0 Å². The van der Waals surface area contributed by atoms with Gasteiger partial charge < -0.3 is 10.6 Å². The predicted octanol–water partition coefficient (Wildman–Crippen LogP) is 4.26. The third-order valence-electron chi connectivity index (χ3n) is 4.81. The highest BCUT2D eigenvalue weighted by atomic mass is 35.5. The van der Waals surface area contributed by atoms with Crippen molar-refractivity contribution in [2.24, 2.45) is 0 Å². The van der Waals surface area contributed by atoms with Crippen molar-refractivity contribution in [1.29, 1.82) is 0 Å². The lowest BCUT2D eigenvalue weighted by molar-refractivity contribution is -0.116. The number of hydrogen-bond donors (Lipinski definition) is 2. The molecule has 0 spiro atoms. The normalized spacial score (nSPS) is 22.9. The number of allylic oxidation sites excluding steroid dienone is 1. The van der Waals surface area contributed by atoms with E-state index < -0.39 is 0 Å². The Morgan fingerprint density at radius 2 is 1.68 bits per heavy atom. The summed E-state index contributed by atoms with van der Waals surface area (Å²) in [4.78, 5) is 13.0. The van der Waals surface area contributed by atoms with Gasteiger partial charge in [-0.25, -0.2) is 0 Å². The van der Waals surface area contributed by atoms with Gasteiger partial charge in [-0.15, -0.1) is 0 Å². The van der Waals surface area contributed by atoms with Gasteiger partial charge in [0.1, 0.15) is 0 Å². The Morgan fingerprint density at radius 1 is 0.960 bits per heavy atom. The molecule has 2 aromatic rings. The molecule has 25 heavy (non-hydrogen) atoms. The summed E-state index contributed by atoms with van der Waals surface area (Å²) >= 11 is 11.4. The van der Waals surface area contributed by atoms with E-state index in [1.807, 2.05) is 42.5 Å². The van der Waals surface area contributed by atoms with Crippen LogP contribution in [0.1, 0.15) is 35.9 Å². The van der Waals surface area contributed by atoms with E-state index >= 15 is 0 Å². The number of ketones is 1. The minimum absolute atomic E-state index is 0.164. The first-order valence-corrected chi connectivity index (χ1v) is 9.04. The van der Waals surface area contributed by atoms with Crippen LogP contribution < -0.4 is 10.6 Å². The molecule has 1 heterocycles. The first-order valence-electron chi connectivity index (χ1n) is 8.26. The van der Waals surface area contributed by atoms with E-state index in [2.05, 4.69) is 22.8 Å². The Kier molecular flexibility index (Phi) is 4.32. The van der Waals surface area contributed by atoms with Crippen molar-refractivity contribution in [3.8, 4) is 0 Å².